The molecule has 1 aromatic carbocycles. The number of amides is 1. The van der Waals surface area contributed by atoms with Crippen LogP contribution in [0.25, 0.3) is 0 Å². The van der Waals surface area contributed by atoms with Gasteiger partial charge in [-0.2, -0.15) is 0 Å². The maximum atomic E-state index is 12.5. The molecule has 0 fully saturated rings. The molecule has 110 valence electrons. The second kappa shape index (κ2) is 6.59. The van der Waals surface area contributed by atoms with Crippen LogP contribution in [0.4, 0.5) is 0 Å². The molecule has 0 bridgehead atoms. The zero-order chi connectivity index (χ0) is 15.4. The summed E-state index contributed by atoms with van der Waals surface area (Å²) >= 11 is 5.96. The van der Waals surface area contributed by atoms with Gasteiger partial charge in [-0.25, -0.2) is 0 Å². The zero-order valence-electron chi connectivity index (χ0n) is 12.0. The zero-order valence-corrected chi connectivity index (χ0v) is 12.8. The monoisotopic (exact) mass is 304 g/mol. The lowest BCUT2D eigenvalue weighted by Crippen LogP contribution is -2.30. The van der Waals surface area contributed by atoms with Crippen molar-refractivity contribution in [2.24, 2.45) is 0 Å². The second-order valence-electron chi connectivity index (χ2n) is 4.81. The van der Waals surface area contributed by atoms with E-state index < -0.39 is 0 Å². The fourth-order valence-corrected chi connectivity index (χ4v) is 2.29. The van der Waals surface area contributed by atoms with Crippen LogP contribution in [0.5, 0.6) is 0 Å². The number of rotatable bonds is 5. The van der Waals surface area contributed by atoms with Crippen LogP contribution in [0.1, 0.15) is 40.3 Å². The van der Waals surface area contributed by atoms with Gasteiger partial charge in [0.15, 0.2) is 5.78 Å². The van der Waals surface area contributed by atoms with Gasteiger partial charge < -0.3 is 9.88 Å². The van der Waals surface area contributed by atoms with E-state index in [0.717, 1.165) is 5.56 Å². The van der Waals surface area contributed by atoms with Gasteiger partial charge in [0.25, 0.3) is 5.91 Å². The summed E-state index contributed by atoms with van der Waals surface area (Å²) in [5.41, 5.74) is 1.90. The van der Waals surface area contributed by atoms with Crippen molar-refractivity contribution < 1.29 is 9.59 Å². The van der Waals surface area contributed by atoms with E-state index in [-0.39, 0.29) is 11.7 Å². The van der Waals surface area contributed by atoms with Crippen LogP contribution in [0.2, 0.25) is 5.02 Å². The quantitative estimate of drug-likeness (QED) is 0.859. The van der Waals surface area contributed by atoms with E-state index >= 15 is 0 Å². The van der Waals surface area contributed by atoms with Crippen LogP contribution in [-0.2, 0) is 6.54 Å². The number of ketones is 1. The van der Waals surface area contributed by atoms with Crippen LogP contribution in [-0.4, -0.2) is 28.1 Å². The Labute approximate surface area is 128 Å². The first-order valence-electron chi connectivity index (χ1n) is 6.74. The average molecular weight is 305 g/mol. The van der Waals surface area contributed by atoms with Crippen LogP contribution < -0.4 is 0 Å². The topological polar surface area (TPSA) is 53.2 Å². The minimum atomic E-state index is -0.134. The molecule has 0 aliphatic heterocycles. The Bertz CT molecular complexity index is 664. The number of carbonyl (C=O) groups is 2. The van der Waals surface area contributed by atoms with Crippen LogP contribution >= 0.6 is 11.6 Å². The third-order valence-electron chi connectivity index (χ3n) is 3.25. The molecule has 5 heteroatoms. The molecular formula is C16H17ClN2O2. The van der Waals surface area contributed by atoms with Crippen molar-refractivity contribution >= 4 is 23.3 Å². The summed E-state index contributed by atoms with van der Waals surface area (Å²) in [4.78, 5) is 28.3. The molecule has 4 nitrogen and oxygen atoms in total. The van der Waals surface area contributed by atoms with E-state index in [4.69, 9.17) is 11.6 Å². The van der Waals surface area contributed by atoms with Gasteiger partial charge in [0.1, 0.15) is 5.69 Å². The summed E-state index contributed by atoms with van der Waals surface area (Å²) in [5.74, 6) is -0.201. The Kier molecular flexibility index (Phi) is 4.81. The molecule has 0 radical (unpaired) electrons. The summed E-state index contributed by atoms with van der Waals surface area (Å²) < 4.78 is 0. The van der Waals surface area contributed by atoms with Crippen molar-refractivity contribution in [2.75, 3.05) is 6.54 Å². The summed E-state index contributed by atoms with van der Waals surface area (Å²) in [6.45, 7) is 4.43. The van der Waals surface area contributed by atoms with Gasteiger partial charge in [-0.15, -0.1) is 0 Å². The van der Waals surface area contributed by atoms with Gasteiger partial charge >= 0.3 is 0 Å². The van der Waals surface area contributed by atoms with Crippen molar-refractivity contribution in [1.29, 1.82) is 0 Å². The Morgan fingerprint density at radius 2 is 2.05 bits per heavy atom. The van der Waals surface area contributed by atoms with Gasteiger partial charge in [0, 0.05) is 29.9 Å². The van der Waals surface area contributed by atoms with E-state index in [1.807, 2.05) is 25.1 Å². The lowest BCUT2D eigenvalue weighted by molar-refractivity contribution is 0.0747. The van der Waals surface area contributed by atoms with Crippen LogP contribution in [0, 0.1) is 0 Å². The van der Waals surface area contributed by atoms with Crippen molar-refractivity contribution in [1.82, 2.24) is 9.88 Å². The largest absolute Gasteiger partial charge is 0.356 e. The normalized spacial score (nSPS) is 10.4. The van der Waals surface area contributed by atoms with Gasteiger partial charge in [-0.05, 0) is 37.6 Å². The number of aromatic nitrogens is 1. The number of Topliss-reactive ketones (excluding diaryl/α,β-unsaturated/α-hetero) is 1. The lowest BCUT2D eigenvalue weighted by Gasteiger charge is -2.20. The first-order chi connectivity index (χ1) is 10.0. The molecule has 0 atom stereocenters. The molecule has 1 amide bonds. The molecule has 1 heterocycles. The predicted octanol–water partition coefficient (Wildman–Crippen LogP) is 3.53. The van der Waals surface area contributed by atoms with E-state index in [1.165, 1.54) is 6.92 Å². The highest BCUT2D eigenvalue weighted by molar-refractivity contribution is 6.30. The minimum absolute atomic E-state index is 0.0665. The van der Waals surface area contributed by atoms with Crippen LogP contribution in [0.15, 0.2) is 36.5 Å². The number of H-pyrrole nitrogens is 1. The Hall–Kier alpha value is -2.07. The first kappa shape index (κ1) is 15.3. The maximum Gasteiger partial charge on any atom is 0.270 e. The molecule has 0 spiro atoms. The summed E-state index contributed by atoms with van der Waals surface area (Å²) in [6, 6.07) is 9.02. The molecule has 21 heavy (non-hydrogen) atoms. The number of halogens is 1. The van der Waals surface area contributed by atoms with E-state index in [2.05, 4.69) is 4.98 Å². The highest BCUT2D eigenvalue weighted by atomic mass is 35.5. The molecule has 2 aromatic rings. The third-order valence-corrected chi connectivity index (χ3v) is 3.49. The van der Waals surface area contributed by atoms with Gasteiger partial charge in [-0.3, -0.25) is 9.59 Å². The Morgan fingerprint density at radius 3 is 2.62 bits per heavy atom. The van der Waals surface area contributed by atoms with Crippen molar-refractivity contribution in [3.05, 3.63) is 58.4 Å². The number of hydrogen-bond donors (Lipinski definition) is 1. The summed E-state index contributed by atoms with van der Waals surface area (Å²) in [7, 11) is 0. The number of benzene rings is 1. The fraction of sp³-hybridized carbons (Fsp3) is 0.250. The Balaban J connectivity index is 2.16. The van der Waals surface area contributed by atoms with Gasteiger partial charge in [0.05, 0.1) is 0 Å². The molecule has 1 N–H and O–H groups in total. The molecule has 1 aromatic heterocycles. The number of nitrogens with one attached hydrogen (secondary N) is 1. The van der Waals surface area contributed by atoms with Crippen molar-refractivity contribution in [2.45, 2.75) is 20.4 Å². The molecule has 0 saturated carbocycles. The highest BCUT2D eigenvalue weighted by Crippen LogP contribution is 2.15. The predicted molar refractivity (Wildman–Crippen MR) is 82.7 cm³/mol. The fourth-order valence-electron chi connectivity index (χ4n) is 2.07. The number of nitrogens with zero attached hydrogens (tertiary/aromatic N) is 1. The summed E-state index contributed by atoms with van der Waals surface area (Å²) in [6.07, 6.45) is 1.56. The maximum absolute atomic E-state index is 12.5. The number of carbonyl (C=O) groups excluding carboxylic acids is 2. The number of aromatic amines is 1. The molecule has 0 aliphatic rings. The average Bonchev–Trinajstić information content (AvgIpc) is 2.94. The minimum Gasteiger partial charge on any atom is -0.356 e. The first-order valence-corrected chi connectivity index (χ1v) is 7.12. The van der Waals surface area contributed by atoms with Crippen LogP contribution in [0.3, 0.4) is 0 Å². The standard InChI is InChI=1S/C16H17ClN2O2/c1-3-19(10-12-5-4-6-14(17)7-12)16(21)15-8-13(9-18-15)11(2)20/h4-9,18H,3,10H2,1-2H3. The molecule has 0 aliphatic carbocycles. The van der Waals surface area contributed by atoms with Gasteiger partial charge in [0.2, 0.25) is 0 Å². The van der Waals surface area contributed by atoms with Crippen molar-refractivity contribution in [3.8, 4) is 0 Å². The van der Waals surface area contributed by atoms with Crippen molar-refractivity contribution in [3.63, 3.8) is 0 Å². The molecule has 2 rings (SSSR count). The Morgan fingerprint density at radius 1 is 1.29 bits per heavy atom. The summed E-state index contributed by atoms with van der Waals surface area (Å²) in [5, 5.41) is 0.648. The van der Waals surface area contributed by atoms with E-state index in [1.54, 1.807) is 23.2 Å². The SMILES string of the molecule is CCN(Cc1cccc(Cl)c1)C(=O)c1cc(C(C)=O)c[nH]1. The lowest BCUT2D eigenvalue weighted by atomic mass is 10.2. The highest BCUT2D eigenvalue weighted by Gasteiger charge is 2.17. The molecule has 0 unspecified atom stereocenters. The second-order valence-corrected chi connectivity index (χ2v) is 5.24. The van der Waals surface area contributed by atoms with E-state index in [9.17, 15) is 9.59 Å². The molecular weight excluding hydrogens is 288 g/mol. The van der Waals surface area contributed by atoms with E-state index in [0.29, 0.717) is 29.4 Å². The molecule has 0 saturated heterocycles. The number of hydrogen-bond acceptors (Lipinski definition) is 2. The third kappa shape index (κ3) is 3.73. The smallest absolute Gasteiger partial charge is 0.270 e. The van der Waals surface area contributed by atoms with Gasteiger partial charge in [-0.1, -0.05) is 23.7 Å².